The predicted molar refractivity (Wildman–Crippen MR) is 59.2 cm³/mol. The summed E-state index contributed by atoms with van der Waals surface area (Å²) in [6.45, 7) is 1.91. The summed E-state index contributed by atoms with van der Waals surface area (Å²) in [6, 6.07) is 3.38. The Morgan fingerprint density at radius 3 is 2.67 bits per heavy atom. The first-order valence-electron chi connectivity index (χ1n) is 4.54. The van der Waals surface area contributed by atoms with Gasteiger partial charge >= 0.3 is 0 Å². The first-order chi connectivity index (χ1) is 7.06. The Hall–Kier alpha value is -1.22. The van der Waals surface area contributed by atoms with E-state index in [0.717, 1.165) is 11.1 Å². The molecule has 0 spiro atoms. The fraction of sp³-hybridized carbons (Fsp3) is 0.273. The van der Waals surface area contributed by atoms with Gasteiger partial charge in [-0.05, 0) is 13.0 Å². The van der Waals surface area contributed by atoms with Crippen LogP contribution in [0.1, 0.15) is 5.69 Å². The number of hydrogen-bond acceptors (Lipinski definition) is 1. The average molecular weight is 228 g/mol. The van der Waals surface area contributed by atoms with Crippen molar-refractivity contribution >= 4 is 22.5 Å². The van der Waals surface area contributed by atoms with Gasteiger partial charge < -0.3 is 9.30 Å². The number of rotatable bonds is 1. The molecule has 0 bridgehead atoms. The quantitative estimate of drug-likeness (QED) is 0.729. The predicted octanol–water partition coefficient (Wildman–Crippen LogP) is 3.29. The maximum atomic E-state index is 13.8. The Balaban J connectivity index is 2.96. The topological polar surface area (TPSA) is 14.2 Å². The van der Waals surface area contributed by atoms with Crippen molar-refractivity contribution in [3.8, 4) is 5.75 Å². The molecule has 2 rings (SSSR count). The van der Waals surface area contributed by atoms with Crippen molar-refractivity contribution in [2.45, 2.75) is 6.92 Å². The summed E-state index contributed by atoms with van der Waals surface area (Å²) in [5.41, 5.74) is 1.45. The Morgan fingerprint density at radius 2 is 2.07 bits per heavy atom. The number of nitrogens with zero attached hydrogens (tertiary/aromatic N) is 1. The second kappa shape index (κ2) is 3.42. The van der Waals surface area contributed by atoms with Crippen LogP contribution in [0.5, 0.6) is 5.75 Å². The van der Waals surface area contributed by atoms with Gasteiger partial charge in [-0.3, -0.25) is 0 Å². The molecule has 0 saturated carbocycles. The van der Waals surface area contributed by atoms with E-state index < -0.39 is 5.82 Å². The van der Waals surface area contributed by atoms with Crippen molar-refractivity contribution in [3.05, 3.63) is 28.7 Å². The van der Waals surface area contributed by atoms with Gasteiger partial charge in [0.15, 0.2) is 5.82 Å². The van der Waals surface area contributed by atoms with E-state index in [1.54, 1.807) is 18.7 Å². The molecule has 2 nitrogen and oxygen atoms in total. The van der Waals surface area contributed by atoms with E-state index in [-0.39, 0.29) is 5.02 Å². The van der Waals surface area contributed by atoms with Gasteiger partial charge in [0.05, 0.1) is 17.6 Å². The number of benzene rings is 1. The van der Waals surface area contributed by atoms with Gasteiger partial charge in [-0.25, -0.2) is 4.39 Å². The van der Waals surface area contributed by atoms with Crippen LogP contribution < -0.4 is 4.74 Å². The minimum absolute atomic E-state index is 0.0838. The zero-order valence-corrected chi connectivity index (χ0v) is 9.52. The average Bonchev–Trinajstić information content (AvgIpc) is 2.50. The summed E-state index contributed by atoms with van der Waals surface area (Å²) < 4.78 is 20.7. The molecule has 0 aliphatic rings. The van der Waals surface area contributed by atoms with E-state index in [1.807, 2.05) is 13.0 Å². The molecular weight excluding hydrogens is 217 g/mol. The molecular formula is C11H11ClFNO. The van der Waals surface area contributed by atoms with Crippen molar-refractivity contribution in [1.82, 2.24) is 4.57 Å². The molecule has 15 heavy (non-hydrogen) atoms. The molecule has 0 radical (unpaired) electrons. The Morgan fingerprint density at radius 1 is 1.40 bits per heavy atom. The van der Waals surface area contributed by atoms with Crippen LogP contribution in [0.25, 0.3) is 10.9 Å². The minimum atomic E-state index is -0.400. The molecule has 2 aromatic rings. The van der Waals surface area contributed by atoms with E-state index in [1.165, 1.54) is 6.07 Å². The molecule has 0 atom stereocenters. The zero-order chi connectivity index (χ0) is 11.2. The van der Waals surface area contributed by atoms with Gasteiger partial charge in [-0.15, -0.1) is 0 Å². The molecule has 1 aromatic heterocycles. The van der Waals surface area contributed by atoms with Crippen LogP contribution in [0.4, 0.5) is 4.39 Å². The SMILES string of the molecule is COc1cc(Cl)c(F)c2c1cc(C)n2C. The normalized spacial score (nSPS) is 11.0. The highest BCUT2D eigenvalue weighted by atomic mass is 35.5. The monoisotopic (exact) mass is 227 g/mol. The van der Waals surface area contributed by atoms with Crippen LogP contribution in [0, 0.1) is 12.7 Å². The molecule has 0 N–H and O–H groups in total. The molecule has 0 aliphatic heterocycles. The lowest BCUT2D eigenvalue weighted by Crippen LogP contribution is -1.94. The molecule has 1 aromatic carbocycles. The van der Waals surface area contributed by atoms with E-state index >= 15 is 0 Å². The summed E-state index contributed by atoms with van der Waals surface area (Å²) in [5, 5.41) is 0.833. The minimum Gasteiger partial charge on any atom is -0.496 e. The highest BCUT2D eigenvalue weighted by Gasteiger charge is 2.15. The standard InChI is InChI=1S/C11H11ClFNO/c1-6-4-7-9(15-3)5-8(12)10(13)11(7)14(6)2/h4-5H,1-3H3. The van der Waals surface area contributed by atoms with E-state index in [2.05, 4.69) is 0 Å². The second-order valence-corrected chi connectivity index (χ2v) is 3.89. The number of methoxy groups -OCH3 is 1. The summed E-state index contributed by atoms with van der Waals surface area (Å²) in [6.07, 6.45) is 0. The third-order valence-electron chi connectivity index (χ3n) is 2.63. The van der Waals surface area contributed by atoms with E-state index in [0.29, 0.717) is 11.3 Å². The third-order valence-corrected chi connectivity index (χ3v) is 2.91. The van der Waals surface area contributed by atoms with Crippen molar-refractivity contribution in [2.24, 2.45) is 7.05 Å². The molecule has 0 saturated heterocycles. The maximum absolute atomic E-state index is 13.8. The Bertz CT molecular complexity index is 533. The summed E-state index contributed by atoms with van der Waals surface area (Å²) in [5.74, 6) is 0.197. The van der Waals surface area contributed by atoms with Crippen LogP contribution in [0.15, 0.2) is 12.1 Å². The first kappa shape index (κ1) is 10.3. The van der Waals surface area contributed by atoms with Crippen LogP contribution >= 0.6 is 11.6 Å². The van der Waals surface area contributed by atoms with Crippen LogP contribution in [-0.4, -0.2) is 11.7 Å². The smallest absolute Gasteiger partial charge is 0.166 e. The summed E-state index contributed by atoms with van der Waals surface area (Å²) >= 11 is 5.78. The molecule has 1 heterocycles. The molecule has 0 fully saturated rings. The van der Waals surface area contributed by atoms with Gasteiger partial charge in [0.1, 0.15) is 5.75 Å². The number of aryl methyl sites for hydroxylation is 2. The third kappa shape index (κ3) is 1.38. The molecule has 80 valence electrons. The molecule has 0 amide bonds. The highest BCUT2D eigenvalue weighted by Crippen LogP contribution is 2.34. The molecule has 0 unspecified atom stereocenters. The highest BCUT2D eigenvalue weighted by molar-refractivity contribution is 6.31. The van der Waals surface area contributed by atoms with Crippen molar-refractivity contribution in [1.29, 1.82) is 0 Å². The van der Waals surface area contributed by atoms with Crippen molar-refractivity contribution < 1.29 is 9.13 Å². The fourth-order valence-corrected chi connectivity index (χ4v) is 1.91. The van der Waals surface area contributed by atoms with Gasteiger partial charge in [-0.1, -0.05) is 11.6 Å². The Kier molecular flexibility index (Phi) is 2.35. The lowest BCUT2D eigenvalue weighted by Gasteiger charge is -2.06. The fourth-order valence-electron chi connectivity index (χ4n) is 1.72. The van der Waals surface area contributed by atoms with E-state index in [4.69, 9.17) is 16.3 Å². The summed E-state index contributed by atoms with van der Waals surface area (Å²) in [7, 11) is 3.35. The largest absolute Gasteiger partial charge is 0.496 e. The maximum Gasteiger partial charge on any atom is 0.166 e. The van der Waals surface area contributed by atoms with Gasteiger partial charge in [0.25, 0.3) is 0 Å². The van der Waals surface area contributed by atoms with Gasteiger partial charge in [0.2, 0.25) is 0 Å². The zero-order valence-electron chi connectivity index (χ0n) is 8.77. The number of aromatic nitrogens is 1. The molecule has 4 heteroatoms. The van der Waals surface area contributed by atoms with Crippen LogP contribution in [0.2, 0.25) is 5.02 Å². The number of fused-ring (bicyclic) bond motifs is 1. The van der Waals surface area contributed by atoms with Crippen LogP contribution in [-0.2, 0) is 7.05 Å². The molecule has 0 aliphatic carbocycles. The van der Waals surface area contributed by atoms with Crippen molar-refractivity contribution in [2.75, 3.05) is 7.11 Å². The first-order valence-corrected chi connectivity index (χ1v) is 4.92. The van der Waals surface area contributed by atoms with Crippen molar-refractivity contribution in [3.63, 3.8) is 0 Å². The second-order valence-electron chi connectivity index (χ2n) is 3.48. The summed E-state index contributed by atoms with van der Waals surface area (Å²) in [4.78, 5) is 0. The van der Waals surface area contributed by atoms with Gasteiger partial charge in [-0.2, -0.15) is 0 Å². The number of halogens is 2. The lowest BCUT2D eigenvalue weighted by atomic mass is 10.2. The lowest BCUT2D eigenvalue weighted by molar-refractivity contribution is 0.419. The number of ether oxygens (including phenoxy) is 1. The van der Waals surface area contributed by atoms with Gasteiger partial charge in [0, 0.05) is 24.2 Å². The van der Waals surface area contributed by atoms with E-state index in [9.17, 15) is 4.39 Å². The van der Waals surface area contributed by atoms with Crippen LogP contribution in [0.3, 0.4) is 0 Å². The number of hydrogen-bond donors (Lipinski definition) is 0. The Labute approximate surface area is 92.2 Å².